The Bertz CT molecular complexity index is 1010. The van der Waals surface area contributed by atoms with Crippen LogP contribution >= 0.6 is 0 Å². The first kappa shape index (κ1) is 18.4. The van der Waals surface area contributed by atoms with Gasteiger partial charge in [0.1, 0.15) is 0 Å². The molecule has 4 rings (SSSR count). The van der Waals surface area contributed by atoms with Crippen LogP contribution in [0.3, 0.4) is 0 Å². The van der Waals surface area contributed by atoms with Gasteiger partial charge < -0.3 is 4.90 Å². The van der Waals surface area contributed by atoms with Crippen molar-refractivity contribution in [3.8, 4) is 0 Å². The van der Waals surface area contributed by atoms with Crippen LogP contribution in [0.1, 0.15) is 12.0 Å². The van der Waals surface area contributed by atoms with Gasteiger partial charge in [0.15, 0.2) is 0 Å². The highest BCUT2D eigenvalue weighted by Crippen LogP contribution is 2.10. The quantitative estimate of drug-likeness (QED) is 0.685. The van der Waals surface area contributed by atoms with Crippen molar-refractivity contribution < 1.29 is 4.79 Å². The minimum atomic E-state index is -0.140. The van der Waals surface area contributed by atoms with E-state index in [0.717, 1.165) is 38.1 Å². The molecule has 3 aromatic rings. The fraction of sp³-hybridized carbons (Fsp3) is 0.318. The lowest BCUT2D eigenvalue weighted by atomic mass is 10.2. The van der Waals surface area contributed by atoms with Crippen LogP contribution in [0.2, 0.25) is 0 Å². The van der Waals surface area contributed by atoms with Crippen molar-refractivity contribution in [3.63, 3.8) is 0 Å². The molecule has 0 saturated carbocycles. The van der Waals surface area contributed by atoms with E-state index in [1.807, 2.05) is 29.2 Å². The summed E-state index contributed by atoms with van der Waals surface area (Å²) in [5.41, 5.74) is 1.16. The SMILES string of the molecule is O=C(CCn1ncc2ccccc2c1=O)N1CCN(Cc2ccccc2)CC1. The highest BCUT2D eigenvalue weighted by Gasteiger charge is 2.21. The van der Waals surface area contributed by atoms with Gasteiger partial charge in [0.05, 0.1) is 18.1 Å². The maximum atomic E-state index is 12.6. The molecule has 2 aromatic carbocycles. The van der Waals surface area contributed by atoms with Gasteiger partial charge in [0.2, 0.25) is 5.91 Å². The van der Waals surface area contributed by atoms with Crippen LogP contribution in [-0.4, -0.2) is 51.7 Å². The molecular formula is C22H24N4O2. The van der Waals surface area contributed by atoms with E-state index in [1.165, 1.54) is 10.2 Å². The van der Waals surface area contributed by atoms with Crippen LogP contribution in [0.5, 0.6) is 0 Å². The summed E-state index contributed by atoms with van der Waals surface area (Å²) < 4.78 is 1.39. The van der Waals surface area contributed by atoms with E-state index in [2.05, 4.69) is 34.3 Å². The number of nitrogens with zero attached hydrogens (tertiary/aromatic N) is 4. The van der Waals surface area contributed by atoms with Crippen LogP contribution in [0.4, 0.5) is 0 Å². The summed E-state index contributed by atoms with van der Waals surface area (Å²) in [6.45, 7) is 4.42. The third-order valence-electron chi connectivity index (χ3n) is 5.27. The van der Waals surface area contributed by atoms with Crippen molar-refractivity contribution in [2.45, 2.75) is 19.5 Å². The molecule has 0 spiro atoms. The number of rotatable bonds is 5. The number of benzene rings is 2. The number of aromatic nitrogens is 2. The number of amides is 1. The standard InChI is InChI=1S/C22H24N4O2/c27-21(10-11-26-22(28)20-9-5-4-8-19(20)16-23-26)25-14-12-24(13-15-25)17-18-6-2-1-3-7-18/h1-9,16H,10-15,17H2. The predicted molar refractivity (Wildman–Crippen MR) is 109 cm³/mol. The largest absolute Gasteiger partial charge is 0.340 e. The van der Waals surface area contributed by atoms with E-state index in [-0.39, 0.29) is 11.5 Å². The van der Waals surface area contributed by atoms with Gasteiger partial charge in [-0.25, -0.2) is 4.68 Å². The normalized spacial score (nSPS) is 15.1. The summed E-state index contributed by atoms with van der Waals surface area (Å²) in [6, 6.07) is 17.8. The fourth-order valence-corrected chi connectivity index (χ4v) is 3.64. The van der Waals surface area contributed by atoms with E-state index in [0.29, 0.717) is 18.4 Å². The number of piperazine rings is 1. The molecule has 1 saturated heterocycles. The monoisotopic (exact) mass is 376 g/mol. The molecule has 0 atom stereocenters. The number of hydrogen-bond acceptors (Lipinski definition) is 4. The maximum Gasteiger partial charge on any atom is 0.274 e. The van der Waals surface area contributed by atoms with Crippen LogP contribution < -0.4 is 5.56 Å². The zero-order chi connectivity index (χ0) is 19.3. The molecule has 6 heteroatoms. The Labute approximate surface area is 164 Å². The molecule has 1 aliphatic heterocycles. The lowest BCUT2D eigenvalue weighted by Crippen LogP contribution is -2.48. The molecule has 2 heterocycles. The van der Waals surface area contributed by atoms with E-state index < -0.39 is 0 Å². The zero-order valence-corrected chi connectivity index (χ0v) is 15.8. The Kier molecular flexibility index (Phi) is 5.48. The molecule has 1 amide bonds. The van der Waals surface area contributed by atoms with E-state index >= 15 is 0 Å². The number of carbonyl (C=O) groups is 1. The Morgan fingerprint density at radius 3 is 2.43 bits per heavy atom. The maximum absolute atomic E-state index is 12.6. The van der Waals surface area contributed by atoms with Crippen molar-refractivity contribution in [2.75, 3.05) is 26.2 Å². The average Bonchev–Trinajstić information content (AvgIpc) is 2.74. The third kappa shape index (κ3) is 4.12. The topological polar surface area (TPSA) is 58.4 Å². The third-order valence-corrected chi connectivity index (χ3v) is 5.27. The molecule has 6 nitrogen and oxygen atoms in total. The van der Waals surface area contributed by atoms with Crippen molar-refractivity contribution in [2.24, 2.45) is 0 Å². The Morgan fingerprint density at radius 2 is 1.64 bits per heavy atom. The molecule has 0 radical (unpaired) electrons. The van der Waals surface area contributed by atoms with Crippen molar-refractivity contribution in [1.29, 1.82) is 0 Å². The second-order valence-corrected chi connectivity index (χ2v) is 7.15. The molecule has 0 bridgehead atoms. The molecule has 0 N–H and O–H groups in total. The van der Waals surface area contributed by atoms with Crippen molar-refractivity contribution >= 4 is 16.7 Å². The Balaban J connectivity index is 1.30. The van der Waals surface area contributed by atoms with Gasteiger partial charge in [-0.2, -0.15) is 5.10 Å². The molecule has 28 heavy (non-hydrogen) atoms. The van der Waals surface area contributed by atoms with E-state index in [1.54, 1.807) is 12.3 Å². The molecule has 1 aromatic heterocycles. The van der Waals surface area contributed by atoms with Crippen molar-refractivity contribution in [3.05, 3.63) is 76.7 Å². The first-order valence-corrected chi connectivity index (χ1v) is 9.69. The van der Waals surface area contributed by atoms with Gasteiger partial charge in [0, 0.05) is 44.5 Å². The summed E-state index contributed by atoms with van der Waals surface area (Å²) in [6.07, 6.45) is 1.98. The minimum Gasteiger partial charge on any atom is -0.340 e. The fourth-order valence-electron chi connectivity index (χ4n) is 3.64. The summed E-state index contributed by atoms with van der Waals surface area (Å²) in [4.78, 5) is 29.3. The minimum absolute atomic E-state index is 0.0845. The van der Waals surface area contributed by atoms with Crippen LogP contribution in [0.15, 0.2) is 65.6 Å². The first-order valence-electron chi connectivity index (χ1n) is 9.69. The van der Waals surface area contributed by atoms with Crippen LogP contribution in [0, 0.1) is 0 Å². The average molecular weight is 376 g/mol. The first-order chi connectivity index (χ1) is 13.7. The molecule has 144 valence electrons. The summed E-state index contributed by atoms with van der Waals surface area (Å²) >= 11 is 0. The summed E-state index contributed by atoms with van der Waals surface area (Å²) in [7, 11) is 0. The van der Waals surface area contributed by atoms with Crippen LogP contribution in [0.25, 0.3) is 10.8 Å². The van der Waals surface area contributed by atoms with Gasteiger partial charge in [0.25, 0.3) is 5.56 Å². The van der Waals surface area contributed by atoms with Gasteiger partial charge in [-0.1, -0.05) is 48.5 Å². The van der Waals surface area contributed by atoms with E-state index in [9.17, 15) is 9.59 Å². The van der Waals surface area contributed by atoms with Crippen molar-refractivity contribution in [1.82, 2.24) is 19.6 Å². The lowest BCUT2D eigenvalue weighted by Gasteiger charge is -2.34. The molecular weight excluding hydrogens is 352 g/mol. The predicted octanol–water partition coefficient (Wildman–Crippen LogP) is 2.13. The van der Waals surface area contributed by atoms with Gasteiger partial charge in [-0.3, -0.25) is 14.5 Å². The number of hydrogen-bond donors (Lipinski definition) is 0. The highest BCUT2D eigenvalue weighted by molar-refractivity contribution is 5.80. The number of carbonyl (C=O) groups excluding carboxylic acids is 1. The van der Waals surface area contributed by atoms with Gasteiger partial charge in [-0.15, -0.1) is 0 Å². The van der Waals surface area contributed by atoms with E-state index in [4.69, 9.17) is 0 Å². The molecule has 0 unspecified atom stereocenters. The zero-order valence-electron chi connectivity index (χ0n) is 15.8. The van der Waals surface area contributed by atoms with Gasteiger partial charge >= 0.3 is 0 Å². The second-order valence-electron chi connectivity index (χ2n) is 7.15. The van der Waals surface area contributed by atoms with Gasteiger partial charge in [-0.05, 0) is 11.6 Å². The number of fused-ring (bicyclic) bond motifs is 1. The lowest BCUT2D eigenvalue weighted by molar-refractivity contribution is -0.133. The summed E-state index contributed by atoms with van der Waals surface area (Å²) in [5.74, 6) is 0.0845. The Hall–Kier alpha value is -2.99. The highest BCUT2D eigenvalue weighted by atomic mass is 16.2. The molecule has 0 aliphatic carbocycles. The number of aryl methyl sites for hydroxylation is 1. The molecule has 1 fully saturated rings. The summed E-state index contributed by atoms with van der Waals surface area (Å²) in [5, 5.41) is 5.67. The smallest absolute Gasteiger partial charge is 0.274 e. The van der Waals surface area contributed by atoms with Crippen LogP contribution in [-0.2, 0) is 17.9 Å². The Morgan fingerprint density at radius 1 is 0.929 bits per heavy atom. The second kappa shape index (κ2) is 8.35. The molecule has 1 aliphatic rings.